The predicted molar refractivity (Wildman–Crippen MR) is 112 cm³/mol. The largest absolute Gasteiger partial charge is 0.507 e. The predicted octanol–water partition coefficient (Wildman–Crippen LogP) is 3.99. The van der Waals surface area contributed by atoms with Gasteiger partial charge < -0.3 is 14.6 Å². The van der Waals surface area contributed by atoms with Crippen LogP contribution in [0.25, 0.3) is 11.1 Å². The zero-order valence-corrected chi connectivity index (χ0v) is 16.3. The molecule has 3 aromatic carbocycles. The summed E-state index contributed by atoms with van der Waals surface area (Å²) in [6.07, 6.45) is 0. The number of aromatic hydroxyl groups is 1. The van der Waals surface area contributed by atoms with E-state index in [1.807, 2.05) is 54.6 Å². The van der Waals surface area contributed by atoms with Gasteiger partial charge in [-0.05, 0) is 42.3 Å². The van der Waals surface area contributed by atoms with E-state index >= 15 is 0 Å². The molecule has 0 unspecified atom stereocenters. The van der Waals surface area contributed by atoms with E-state index in [1.54, 1.807) is 19.1 Å². The molecule has 0 bridgehead atoms. The minimum Gasteiger partial charge on any atom is -0.507 e. The van der Waals surface area contributed by atoms with Crippen LogP contribution >= 0.6 is 0 Å². The number of amides is 1. The van der Waals surface area contributed by atoms with Crippen molar-refractivity contribution < 1.29 is 19.4 Å². The molecule has 3 rings (SSSR count). The number of methoxy groups -OCH3 is 1. The fourth-order valence-corrected chi connectivity index (χ4v) is 2.71. The molecule has 0 saturated heterocycles. The minimum atomic E-state index is -0.399. The van der Waals surface area contributed by atoms with Crippen molar-refractivity contribution in [3.63, 3.8) is 0 Å². The van der Waals surface area contributed by atoms with Crippen LogP contribution in [0.15, 0.2) is 77.9 Å². The number of benzene rings is 3. The molecule has 2 N–H and O–H groups in total. The summed E-state index contributed by atoms with van der Waals surface area (Å²) in [5.41, 5.74) is 5.58. The third-order valence-electron chi connectivity index (χ3n) is 4.27. The second kappa shape index (κ2) is 9.41. The van der Waals surface area contributed by atoms with Gasteiger partial charge in [0.15, 0.2) is 6.61 Å². The average molecular weight is 390 g/mol. The van der Waals surface area contributed by atoms with Crippen molar-refractivity contribution in [3.05, 3.63) is 78.4 Å². The lowest BCUT2D eigenvalue weighted by atomic mass is 10.1. The summed E-state index contributed by atoms with van der Waals surface area (Å²) >= 11 is 0. The second-order valence-electron chi connectivity index (χ2n) is 6.29. The Morgan fingerprint density at radius 3 is 2.28 bits per heavy atom. The van der Waals surface area contributed by atoms with Crippen LogP contribution in [0.4, 0.5) is 0 Å². The average Bonchev–Trinajstić information content (AvgIpc) is 2.76. The smallest absolute Gasteiger partial charge is 0.277 e. The number of carbonyl (C=O) groups is 1. The fourth-order valence-electron chi connectivity index (χ4n) is 2.71. The number of hydrazone groups is 1. The van der Waals surface area contributed by atoms with Crippen molar-refractivity contribution in [1.29, 1.82) is 0 Å². The summed E-state index contributed by atoms with van der Waals surface area (Å²) in [5, 5.41) is 14.0. The molecule has 0 spiro atoms. The van der Waals surface area contributed by atoms with Crippen LogP contribution in [0.5, 0.6) is 17.2 Å². The van der Waals surface area contributed by atoms with Crippen LogP contribution in [0.2, 0.25) is 0 Å². The standard InChI is InChI=1S/C23H22N2O4/c1-16(21-13-12-20(28-2)14-22(21)26)24-25-23(27)15-29-19-10-8-18(9-11-19)17-6-4-3-5-7-17/h3-14,26H,15H2,1-2H3,(H,25,27)/b24-16+. The van der Waals surface area contributed by atoms with Crippen LogP contribution in [0.1, 0.15) is 12.5 Å². The molecule has 0 saturated carbocycles. The molecular formula is C23H22N2O4. The summed E-state index contributed by atoms with van der Waals surface area (Å²) in [6, 6.07) is 22.4. The van der Waals surface area contributed by atoms with Gasteiger partial charge in [-0.1, -0.05) is 42.5 Å². The summed E-state index contributed by atoms with van der Waals surface area (Å²) in [4.78, 5) is 12.0. The van der Waals surface area contributed by atoms with E-state index in [-0.39, 0.29) is 12.4 Å². The molecule has 0 aliphatic rings. The zero-order chi connectivity index (χ0) is 20.6. The first-order chi connectivity index (χ1) is 14.1. The number of nitrogens with one attached hydrogen (secondary N) is 1. The topological polar surface area (TPSA) is 80.2 Å². The molecule has 3 aromatic rings. The van der Waals surface area contributed by atoms with Crippen molar-refractivity contribution in [1.82, 2.24) is 5.43 Å². The Morgan fingerprint density at radius 1 is 0.966 bits per heavy atom. The van der Waals surface area contributed by atoms with Crippen LogP contribution < -0.4 is 14.9 Å². The number of nitrogens with zero attached hydrogens (tertiary/aromatic N) is 1. The Hall–Kier alpha value is -3.80. The summed E-state index contributed by atoms with van der Waals surface area (Å²) in [7, 11) is 1.52. The van der Waals surface area contributed by atoms with Crippen molar-refractivity contribution in [2.75, 3.05) is 13.7 Å². The molecule has 0 radical (unpaired) electrons. The minimum absolute atomic E-state index is 0.0228. The van der Waals surface area contributed by atoms with E-state index in [0.29, 0.717) is 22.8 Å². The van der Waals surface area contributed by atoms with E-state index in [9.17, 15) is 9.90 Å². The molecule has 1 amide bonds. The van der Waals surface area contributed by atoms with Gasteiger partial charge in [0.05, 0.1) is 12.8 Å². The number of phenolic OH excluding ortho intramolecular Hbond substituents is 1. The molecule has 29 heavy (non-hydrogen) atoms. The van der Waals surface area contributed by atoms with Gasteiger partial charge in [0.1, 0.15) is 17.2 Å². The maximum Gasteiger partial charge on any atom is 0.277 e. The van der Waals surface area contributed by atoms with E-state index in [2.05, 4.69) is 10.5 Å². The third-order valence-corrected chi connectivity index (χ3v) is 4.27. The summed E-state index contributed by atoms with van der Waals surface area (Å²) < 4.78 is 10.6. The number of phenols is 1. The van der Waals surface area contributed by atoms with Gasteiger partial charge in [-0.25, -0.2) is 5.43 Å². The lowest BCUT2D eigenvalue weighted by Crippen LogP contribution is -2.25. The number of carbonyl (C=O) groups excluding carboxylic acids is 1. The van der Waals surface area contributed by atoms with Crippen molar-refractivity contribution >= 4 is 11.6 Å². The number of ether oxygens (including phenoxy) is 2. The van der Waals surface area contributed by atoms with Gasteiger partial charge in [0, 0.05) is 11.6 Å². The van der Waals surface area contributed by atoms with Gasteiger partial charge >= 0.3 is 0 Å². The van der Waals surface area contributed by atoms with E-state index in [4.69, 9.17) is 9.47 Å². The van der Waals surface area contributed by atoms with E-state index in [1.165, 1.54) is 13.2 Å². The highest BCUT2D eigenvalue weighted by Gasteiger charge is 2.08. The van der Waals surface area contributed by atoms with Crippen LogP contribution in [-0.2, 0) is 4.79 Å². The van der Waals surface area contributed by atoms with Crippen LogP contribution in [0.3, 0.4) is 0 Å². The molecule has 0 heterocycles. The molecule has 148 valence electrons. The molecule has 0 atom stereocenters. The lowest BCUT2D eigenvalue weighted by Gasteiger charge is -2.08. The van der Waals surface area contributed by atoms with Crippen LogP contribution in [0, 0.1) is 0 Å². The summed E-state index contributed by atoms with van der Waals surface area (Å²) in [6.45, 7) is 1.51. The normalized spacial score (nSPS) is 11.0. The van der Waals surface area contributed by atoms with Crippen molar-refractivity contribution in [2.45, 2.75) is 6.92 Å². The Bertz CT molecular complexity index is 999. The van der Waals surface area contributed by atoms with Gasteiger partial charge in [-0.3, -0.25) is 4.79 Å². The Labute approximate surface area is 169 Å². The second-order valence-corrected chi connectivity index (χ2v) is 6.29. The highest BCUT2D eigenvalue weighted by Crippen LogP contribution is 2.24. The lowest BCUT2D eigenvalue weighted by molar-refractivity contribution is -0.123. The molecule has 6 nitrogen and oxygen atoms in total. The first-order valence-corrected chi connectivity index (χ1v) is 9.05. The van der Waals surface area contributed by atoms with Crippen molar-refractivity contribution in [2.24, 2.45) is 5.10 Å². The molecule has 0 aliphatic heterocycles. The van der Waals surface area contributed by atoms with Gasteiger partial charge in [-0.15, -0.1) is 0 Å². The Morgan fingerprint density at radius 2 is 1.62 bits per heavy atom. The molecule has 0 aromatic heterocycles. The SMILES string of the molecule is COc1ccc(/C(C)=N/NC(=O)COc2ccc(-c3ccccc3)cc2)c(O)c1. The zero-order valence-electron chi connectivity index (χ0n) is 16.3. The molecule has 6 heteroatoms. The number of hydrogen-bond donors (Lipinski definition) is 2. The maximum absolute atomic E-state index is 12.0. The van der Waals surface area contributed by atoms with Gasteiger partial charge in [-0.2, -0.15) is 5.10 Å². The Kier molecular flexibility index (Phi) is 6.47. The monoisotopic (exact) mass is 390 g/mol. The molecule has 0 aliphatic carbocycles. The van der Waals surface area contributed by atoms with E-state index in [0.717, 1.165) is 11.1 Å². The number of rotatable bonds is 7. The molecular weight excluding hydrogens is 368 g/mol. The quantitative estimate of drug-likeness (QED) is 0.472. The van der Waals surface area contributed by atoms with Crippen molar-refractivity contribution in [3.8, 4) is 28.4 Å². The highest BCUT2D eigenvalue weighted by atomic mass is 16.5. The maximum atomic E-state index is 12.0. The summed E-state index contributed by atoms with van der Waals surface area (Å²) in [5.74, 6) is 0.752. The Balaban J connectivity index is 1.54. The highest BCUT2D eigenvalue weighted by molar-refractivity contribution is 6.01. The first kappa shape index (κ1) is 19.9. The third kappa shape index (κ3) is 5.35. The fraction of sp³-hybridized carbons (Fsp3) is 0.130. The van der Waals surface area contributed by atoms with Gasteiger partial charge in [0.25, 0.3) is 5.91 Å². The number of hydrogen-bond acceptors (Lipinski definition) is 5. The first-order valence-electron chi connectivity index (χ1n) is 9.05. The van der Waals surface area contributed by atoms with Crippen LogP contribution in [-0.4, -0.2) is 30.4 Å². The molecule has 0 fully saturated rings. The van der Waals surface area contributed by atoms with E-state index < -0.39 is 5.91 Å². The van der Waals surface area contributed by atoms with Gasteiger partial charge in [0.2, 0.25) is 0 Å².